The number of nitro benzene ring substituents is 1. The first-order valence-electron chi connectivity index (χ1n) is 7.88. The van der Waals surface area contributed by atoms with Crippen LogP contribution >= 0.6 is 0 Å². The third-order valence-corrected chi connectivity index (χ3v) is 3.77. The zero-order valence-corrected chi connectivity index (χ0v) is 14.7. The molecule has 0 saturated heterocycles. The van der Waals surface area contributed by atoms with Crippen molar-refractivity contribution in [3.8, 4) is 23.0 Å². The summed E-state index contributed by atoms with van der Waals surface area (Å²) in [5, 5.41) is 31.1. The molecule has 0 fully saturated rings. The molecule has 1 aromatic carbocycles. The van der Waals surface area contributed by atoms with Crippen LogP contribution in [0.3, 0.4) is 0 Å². The highest BCUT2D eigenvalue weighted by atomic mass is 16.6. The highest BCUT2D eigenvalue weighted by Crippen LogP contribution is 2.34. The normalized spacial score (nSPS) is 10.9. The van der Waals surface area contributed by atoms with Gasteiger partial charge in [0, 0.05) is 6.07 Å². The molecule has 2 N–H and O–H groups in total. The Morgan fingerprint density at radius 3 is 2.55 bits per heavy atom. The van der Waals surface area contributed by atoms with E-state index in [1.54, 1.807) is 12.1 Å². The number of methoxy groups -OCH3 is 1. The molecule has 12 nitrogen and oxygen atoms in total. The number of rotatable bonds is 6. The molecule has 0 atom stereocenters. The Kier molecular flexibility index (Phi) is 5.08. The molecular formula is C17H12N4O8. The summed E-state index contributed by atoms with van der Waals surface area (Å²) in [6, 6.07) is 7.24. The number of furan rings is 1. The SMILES string of the molecule is COc1cc([N+](=O)[O-])ccc1-c1ccc(/C=C\c2nc(O)c([N+](=O)[O-])c(=O)[nH]2)o1. The fourth-order valence-corrected chi connectivity index (χ4v) is 2.46. The zero-order chi connectivity index (χ0) is 21.1. The van der Waals surface area contributed by atoms with E-state index in [1.807, 2.05) is 0 Å². The van der Waals surface area contributed by atoms with E-state index in [-0.39, 0.29) is 17.3 Å². The lowest BCUT2D eigenvalue weighted by molar-refractivity contribution is -0.387. The van der Waals surface area contributed by atoms with Crippen LogP contribution in [-0.4, -0.2) is 32.0 Å². The molecule has 0 aliphatic carbocycles. The van der Waals surface area contributed by atoms with Crippen molar-refractivity contribution < 1.29 is 24.1 Å². The molecule has 0 unspecified atom stereocenters. The van der Waals surface area contributed by atoms with Crippen LogP contribution in [0.1, 0.15) is 11.6 Å². The Morgan fingerprint density at radius 2 is 1.93 bits per heavy atom. The molecule has 0 saturated carbocycles. The van der Waals surface area contributed by atoms with Crippen LogP contribution in [0.25, 0.3) is 23.5 Å². The van der Waals surface area contributed by atoms with Gasteiger partial charge in [-0.3, -0.25) is 25.0 Å². The summed E-state index contributed by atoms with van der Waals surface area (Å²) in [6.07, 6.45) is 2.69. The van der Waals surface area contributed by atoms with Gasteiger partial charge in [0.05, 0.1) is 28.6 Å². The maximum absolute atomic E-state index is 11.6. The van der Waals surface area contributed by atoms with Crippen LogP contribution in [0, 0.1) is 20.2 Å². The molecule has 0 aliphatic rings. The second kappa shape index (κ2) is 7.64. The molecule has 0 amide bonds. The Balaban J connectivity index is 1.89. The third-order valence-electron chi connectivity index (χ3n) is 3.77. The topological polar surface area (TPSA) is 175 Å². The van der Waals surface area contributed by atoms with Crippen molar-refractivity contribution >= 4 is 23.5 Å². The van der Waals surface area contributed by atoms with Gasteiger partial charge in [0.15, 0.2) is 0 Å². The lowest BCUT2D eigenvalue weighted by atomic mass is 10.1. The first kappa shape index (κ1) is 19.3. The predicted octanol–water partition coefficient (Wildman–Crippen LogP) is 2.73. The molecule has 3 aromatic rings. The monoisotopic (exact) mass is 400 g/mol. The fourth-order valence-electron chi connectivity index (χ4n) is 2.46. The van der Waals surface area contributed by atoms with Crippen molar-refractivity contribution in [1.29, 1.82) is 0 Å². The Labute approximate surface area is 161 Å². The van der Waals surface area contributed by atoms with E-state index in [0.29, 0.717) is 17.1 Å². The number of nitrogens with one attached hydrogen (secondary N) is 1. The van der Waals surface area contributed by atoms with Crippen molar-refractivity contribution in [1.82, 2.24) is 9.97 Å². The zero-order valence-electron chi connectivity index (χ0n) is 14.7. The number of aromatic amines is 1. The van der Waals surface area contributed by atoms with Crippen molar-refractivity contribution in [3.05, 3.63) is 72.5 Å². The van der Waals surface area contributed by atoms with E-state index in [2.05, 4.69) is 9.97 Å². The lowest BCUT2D eigenvalue weighted by Crippen LogP contribution is -2.14. The molecule has 0 bridgehead atoms. The predicted molar refractivity (Wildman–Crippen MR) is 99.5 cm³/mol. The maximum atomic E-state index is 11.6. The van der Waals surface area contributed by atoms with Crippen LogP contribution in [0.4, 0.5) is 11.4 Å². The molecule has 29 heavy (non-hydrogen) atoms. The van der Waals surface area contributed by atoms with Crippen molar-refractivity contribution in [2.75, 3.05) is 7.11 Å². The van der Waals surface area contributed by atoms with Crippen LogP contribution in [-0.2, 0) is 0 Å². The summed E-state index contributed by atoms with van der Waals surface area (Å²) in [7, 11) is 1.37. The summed E-state index contributed by atoms with van der Waals surface area (Å²) >= 11 is 0. The smallest absolute Gasteiger partial charge is 0.395 e. The van der Waals surface area contributed by atoms with Gasteiger partial charge in [0.1, 0.15) is 23.1 Å². The van der Waals surface area contributed by atoms with E-state index >= 15 is 0 Å². The van der Waals surface area contributed by atoms with Gasteiger partial charge in [0.25, 0.3) is 11.6 Å². The largest absolute Gasteiger partial charge is 0.496 e. The lowest BCUT2D eigenvalue weighted by Gasteiger charge is -2.05. The van der Waals surface area contributed by atoms with Crippen LogP contribution in [0.15, 0.2) is 39.5 Å². The summed E-state index contributed by atoms with van der Waals surface area (Å²) < 4.78 is 10.8. The first-order chi connectivity index (χ1) is 13.8. The number of ether oxygens (including phenoxy) is 1. The molecule has 0 radical (unpaired) electrons. The minimum atomic E-state index is -1.10. The third kappa shape index (κ3) is 3.95. The standard InChI is InChI=1S/C17H12N4O8/c1-28-13-8-9(20(24)25)2-5-11(13)12-6-3-10(29-12)4-7-14-18-16(22)15(21(26)27)17(23)19-14/h2-8H,1H3,(H2,18,19,22,23)/b7-4-. The summed E-state index contributed by atoms with van der Waals surface area (Å²) in [5.74, 6) is -0.196. The van der Waals surface area contributed by atoms with Gasteiger partial charge < -0.3 is 19.2 Å². The van der Waals surface area contributed by atoms with Crippen molar-refractivity contribution in [2.24, 2.45) is 0 Å². The van der Waals surface area contributed by atoms with Crippen molar-refractivity contribution in [2.45, 2.75) is 0 Å². The summed E-state index contributed by atoms with van der Waals surface area (Å²) in [4.78, 5) is 37.3. The molecule has 2 aromatic heterocycles. The second-order valence-corrected chi connectivity index (χ2v) is 5.56. The number of non-ortho nitro benzene ring substituents is 1. The highest BCUT2D eigenvalue weighted by Gasteiger charge is 2.21. The number of aromatic nitrogens is 2. The van der Waals surface area contributed by atoms with Gasteiger partial charge in [-0.25, -0.2) is 0 Å². The molecular weight excluding hydrogens is 388 g/mol. The number of aromatic hydroxyl groups is 1. The average Bonchev–Trinajstić information content (AvgIpc) is 3.13. The number of nitrogens with zero attached hydrogens (tertiary/aromatic N) is 3. The molecule has 0 spiro atoms. The first-order valence-corrected chi connectivity index (χ1v) is 7.88. The minimum Gasteiger partial charge on any atom is -0.496 e. The van der Waals surface area contributed by atoms with E-state index < -0.39 is 27.0 Å². The van der Waals surface area contributed by atoms with E-state index in [1.165, 1.54) is 37.5 Å². The fraction of sp³-hybridized carbons (Fsp3) is 0.0588. The summed E-state index contributed by atoms with van der Waals surface area (Å²) in [5.41, 5.74) is -1.80. The highest BCUT2D eigenvalue weighted by molar-refractivity contribution is 5.71. The second-order valence-electron chi connectivity index (χ2n) is 5.56. The number of hydrogen-bond acceptors (Lipinski definition) is 9. The van der Waals surface area contributed by atoms with Crippen LogP contribution in [0.2, 0.25) is 0 Å². The van der Waals surface area contributed by atoms with E-state index in [0.717, 1.165) is 0 Å². The van der Waals surface area contributed by atoms with Gasteiger partial charge in [-0.05, 0) is 30.4 Å². The van der Waals surface area contributed by atoms with Crippen LogP contribution in [0.5, 0.6) is 11.6 Å². The summed E-state index contributed by atoms with van der Waals surface area (Å²) in [6.45, 7) is 0. The number of H-pyrrole nitrogens is 1. The minimum absolute atomic E-state index is 0.121. The Morgan fingerprint density at radius 1 is 1.17 bits per heavy atom. The molecule has 2 heterocycles. The van der Waals surface area contributed by atoms with Crippen molar-refractivity contribution in [3.63, 3.8) is 0 Å². The maximum Gasteiger partial charge on any atom is 0.395 e. The number of benzene rings is 1. The van der Waals surface area contributed by atoms with Gasteiger partial charge in [0.2, 0.25) is 0 Å². The van der Waals surface area contributed by atoms with Gasteiger partial charge in [-0.2, -0.15) is 4.98 Å². The average molecular weight is 400 g/mol. The Hall–Kier alpha value is -4.48. The number of hydrogen-bond donors (Lipinski definition) is 2. The van der Waals surface area contributed by atoms with Gasteiger partial charge in [-0.15, -0.1) is 0 Å². The van der Waals surface area contributed by atoms with Gasteiger partial charge in [-0.1, -0.05) is 0 Å². The molecule has 12 heteroatoms. The van der Waals surface area contributed by atoms with E-state index in [9.17, 15) is 30.1 Å². The Bertz CT molecular complexity index is 1190. The molecule has 0 aliphatic heterocycles. The molecule has 148 valence electrons. The van der Waals surface area contributed by atoms with E-state index in [4.69, 9.17) is 9.15 Å². The molecule has 3 rings (SSSR count). The van der Waals surface area contributed by atoms with Gasteiger partial charge >= 0.3 is 11.2 Å². The quantitative estimate of drug-likeness (QED) is 0.465. The van der Waals surface area contributed by atoms with Crippen LogP contribution < -0.4 is 10.3 Å². The number of nitro groups is 2.